The molecule has 0 saturated heterocycles. The first-order valence-corrected chi connectivity index (χ1v) is 3.42. The fraction of sp³-hybridized carbons (Fsp3) is 1.00. The molecule has 1 aliphatic rings. The van der Waals surface area contributed by atoms with Gasteiger partial charge in [-0.25, -0.2) is 0 Å². The Morgan fingerprint density at radius 2 is 1.50 bits per heavy atom. The maximum atomic E-state index is 9.08. The van der Waals surface area contributed by atoms with E-state index in [-0.39, 0.29) is 0 Å². The summed E-state index contributed by atoms with van der Waals surface area (Å²) in [6, 6.07) is -0.691. The number of aliphatic hydroxyl groups is 3. The minimum atomic E-state index is -0.969. The quantitative estimate of drug-likeness (QED) is 0.325. The first-order valence-electron chi connectivity index (χ1n) is 3.42. The maximum absolute atomic E-state index is 9.08. The molecular formula is C6H13NO3. The molecule has 60 valence electrons. The van der Waals surface area contributed by atoms with Crippen molar-refractivity contribution in [2.24, 2.45) is 5.73 Å². The van der Waals surface area contributed by atoms with Gasteiger partial charge in [0.05, 0.1) is 24.4 Å². The van der Waals surface area contributed by atoms with Gasteiger partial charge in [0.2, 0.25) is 0 Å². The SMILES string of the molecule is N[C@H]1[C@H](O)[C@@H](O)CC[C@H]1O. The molecule has 0 aliphatic heterocycles. The van der Waals surface area contributed by atoms with E-state index in [0.717, 1.165) is 0 Å². The predicted octanol–water partition coefficient (Wildman–Crippen LogP) is -1.81. The molecule has 0 aromatic rings. The van der Waals surface area contributed by atoms with Gasteiger partial charge in [-0.15, -0.1) is 0 Å². The topological polar surface area (TPSA) is 86.7 Å². The smallest absolute Gasteiger partial charge is 0.0974 e. The van der Waals surface area contributed by atoms with Crippen molar-refractivity contribution in [3.63, 3.8) is 0 Å². The highest BCUT2D eigenvalue weighted by Crippen LogP contribution is 2.17. The van der Waals surface area contributed by atoms with Crippen molar-refractivity contribution in [1.82, 2.24) is 0 Å². The van der Waals surface area contributed by atoms with Crippen LogP contribution in [0.15, 0.2) is 0 Å². The molecule has 10 heavy (non-hydrogen) atoms. The summed E-state index contributed by atoms with van der Waals surface area (Å²) in [6.45, 7) is 0. The van der Waals surface area contributed by atoms with E-state index in [2.05, 4.69) is 0 Å². The van der Waals surface area contributed by atoms with Gasteiger partial charge >= 0.3 is 0 Å². The normalized spacial score (nSPS) is 49.2. The summed E-state index contributed by atoms with van der Waals surface area (Å²) in [7, 11) is 0. The molecular weight excluding hydrogens is 134 g/mol. The second kappa shape index (κ2) is 2.84. The lowest BCUT2D eigenvalue weighted by molar-refractivity contribution is -0.0645. The predicted molar refractivity (Wildman–Crippen MR) is 35.2 cm³/mol. The molecule has 0 aromatic carbocycles. The lowest BCUT2D eigenvalue weighted by atomic mass is 9.88. The highest BCUT2D eigenvalue weighted by Gasteiger charge is 2.33. The Kier molecular flexibility index (Phi) is 2.25. The molecule has 5 N–H and O–H groups in total. The Labute approximate surface area is 59.3 Å². The average molecular weight is 147 g/mol. The van der Waals surface area contributed by atoms with Gasteiger partial charge in [0.25, 0.3) is 0 Å². The van der Waals surface area contributed by atoms with E-state index < -0.39 is 24.4 Å². The van der Waals surface area contributed by atoms with Gasteiger partial charge in [-0.3, -0.25) is 0 Å². The zero-order valence-electron chi connectivity index (χ0n) is 5.64. The number of hydrogen-bond donors (Lipinski definition) is 4. The molecule has 0 spiro atoms. The van der Waals surface area contributed by atoms with Crippen LogP contribution in [-0.2, 0) is 0 Å². The van der Waals surface area contributed by atoms with Crippen molar-refractivity contribution in [1.29, 1.82) is 0 Å². The fourth-order valence-electron chi connectivity index (χ4n) is 1.19. The molecule has 0 heterocycles. The summed E-state index contributed by atoms with van der Waals surface area (Å²) in [6.07, 6.45) is -1.50. The second-order valence-electron chi connectivity index (χ2n) is 2.78. The third-order valence-electron chi connectivity index (χ3n) is 1.99. The molecule has 0 radical (unpaired) electrons. The Balaban J connectivity index is 2.52. The molecule has 0 amide bonds. The second-order valence-corrected chi connectivity index (χ2v) is 2.78. The third kappa shape index (κ3) is 1.29. The van der Waals surface area contributed by atoms with Crippen LogP contribution >= 0.6 is 0 Å². The van der Waals surface area contributed by atoms with Crippen molar-refractivity contribution < 1.29 is 15.3 Å². The number of rotatable bonds is 0. The van der Waals surface area contributed by atoms with Crippen LogP contribution in [0.5, 0.6) is 0 Å². The van der Waals surface area contributed by atoms with E-state index in [1.807, 2.05) is 0 Å². The van der Waals surface area contributed by atoms with Crippen LogP contribution in [-0.4, -0.2) is 39.7 Å². The molecule has 1 saturated carbocycles. The Hall–Kier alpha value is -0.160. The van der Waals surface area contributed by atoms with Crippen LogP contribution in [0.4, 0.5) is 0 Å². The van der Waals surface area contributed by atoms with Crippen LogP contribution in [0.3, 0.4) is 0 Å². The highest BCUT2D eigenvalue weighted by atomic mass is 16.3. The molecule has 4 heteroatoms. The van der Waals surface area contributed by atoms with Gasteiger partial charge in [-0.1, -0.05) is 0 Å². The molecule has 4 atom stereocenters. The molecule has 0 unspecified atom stereocenters. The number of nitrogens with two attached hydrogens (primary N) is 1. The summed E-state index contributed by atoms with van der Waals surface area (Å²) >= 11 is 0. The minimum Gasteiger partial charge on any atom is -0.391 e. The van der Waals surface area contributed by atoms with Crippen LogP contribution in [0.1, 0.15) is 12.8 Å². The van der Waals surface area contributed by atoms with Gasteiger partial charge in [-0.05, 0) is 12.8 Å². The lowest BCUT2D eigenvalue weighted by Crippen LogP contribution is -2.54. The largest absolute Gasteiger partial charge is 0.391 e. The lowest BCUT2D eigenvalue weighted by Gasteiger charge is -2.32. The van der Waals surface area contributed by atoms with E-state index in [1.54, 1.807) is 0 Å². The number of aliphatic hydroxyl groups excluding tert-OH is 3. The molecule has 1 rings (SSSR count). The monoisotopic (exact) mass is 147 g/mol. The molecule has 4 nitrogen and oxygen atoms in total. The highest BCUT2D eigenvalue weighted by molar-refractivity contribution is 4.89. The Bertz CT molecular complexity index is 106. The van der Waals surface area contributed by atoms with E-state index >= 15 is 0 Å². The van der Waals surface area contributed by atoms with Crippen molar-refractivity contribution in [2.75, 3.05) is 0 Å². The first-order chi connectivity index (χ1) is 4.63. The van der Waals surface area contributed by atoms with Crippen LogP contribution in [0.2, 0.25) is 0 Å². The van der Waals surface area contributed by atoms with Crippen molar-refractivity contribution in [2.45, 2.75) is 37.2 Å². The van der Waals surface area contributed by atoms with Crippen molar-refractivity contribution in [3.05, 3.63) is 0 Å². The van der Waals surface area contributed by atoms with Gasteiger partial charge in [0.15, 0.2) is 0 Å². The third-order valence-corrected chi connectivity index (χ3v) is 1.99. The Morgan fingerprint density at radius 3 is 2.00 bits per heavy atom. The van der Waals surface area contributed by atoms with E-state index in [4.69, 9.17) is 21.1 Å². The molecule has 0 aromatic heterocycles. The van der Waals surface area contributed by atoms with Crippen molar-refractivity contribution in [3.8, 4) is 0 Å². The molecule has 0 bridgehead atoms. The Morgan fingerprint density at radius 1 is 1.00 bits per heavy atom. The minimum absolute atomic E-state index is 0.427. The summed E-state index contributed by atoms with van der Waals surface area (Å²) in [5.74, 6) is 0. The molecule has 1 fully saturated rings. The zero-order valence-corrected chi connectivity index (χ0v) is 5.64. The summed E-state index contributed by atoms with van der Waals surface area (Å²) in [5, 5.41) is 27.2. The first kappa shape index (κ1) is 7.94. The van der Waals surface area contributed by atoms with E-state index in [0.29, 0.717) is 12.8 Å². The standard InChI is InChI=1S/C6H13NO3/c7-5-3(8)1-2-4(9)6(5)10/h3-6,8-10H,1-2,7H2/t3-,4+,5-,6-/m1/s1. The van der Waals surface area contributed by atoms with E-state index in [1.165, 1.54) is 0 Å². The fourth-order valence-corrected chi connectivity index (χ4v) is 1.19. The summed E-state index contributed by atoms with van der Waals surface area (Å²) < 4.78 is 0. The van der Waals surface area contributed by atoms with Crippen LogP contribution in [0, 0.1) is 0 Å². The summed E-state index contributed by atoms with van der Waals surface area (Å²) in [4.78, 5) is 0. The van der Waals surface area contributed by atoms with Crippen LogP contribution in [0.25, 0.3) is 0 Å². The van der Waals surface area contributed by atoms with E-state index in [9.17, 15) is 0 Å². The van der Waals surface area contributed by atoms with Crippen molar-refractivity contribution >= 4 is 0 Å². The average Bonchev–Trinajstić information content (AvgIpc) is 1.93. The zero-order chi connectivity index (χ0) is 7.72. The van der Waals surface area contributed by atoms with Gasteiger partial charge in [-0.2, -0.15) is 0 Å². The maximum Gasteiger partial charge on any atom is 0.0974 e. The van der Waals surface area contributed by atoms with Gasteiger partial charge in [0.1, 0.15) is 0 Å². The van der Waals surface area contributed by atoms with Crippen LogP contribution < -0.4 is 5.73 Å². The van der Waals surface area contributed by atoms with Gasteiger partial charge < -0.3 is 21.1 Å². The molecule has 1 aliphatic carbocycles. The summed E-state index contributed by atoms with van der Waals surface area (Å²) in [5.41, 5.74) is 5.35. The number of hydrogen-bond acceptors (Lipinski definition) is 4. The van der Waals surface area contributed by atoms with Gasteiger partial charge in [0, 0.05) is 0 Å².